The van der Waals surface area contributed by atoms with Gasteiger partial charge in [-0.3, -0.25) is 4.68 Å². The van der Waals surface area contributed by atoms with E-state index in [1.807, 2.05) is 6.20 Å². The molecule has 0 aliphatic heterocycles. The first-order valence-electron chi connectivity index (χ1n) is 5.90. The Kier molecular flexibility index (Phi) is 4.43. The molecule has 0 fully saturated rings. The lowest BCUT2D eigenvalue weighted by atomic mass is 10.3. The summed E-state index contributed by atoms with van der Waals surface area (Å²) in [6, 6.07) is 0. The average Bonchev–Trinajstić information content (AvgIpc) is 2.95. The van der Waals surface area contributed by atoms with Crippen molar-refractivity contribution in [2.24, 2.45) is 0 Å². The van der Waals surface area contributed by atoms with Crippen LogP contribution in [0.4, 0.5) is 0 Å². The fourth-order valence-corrected chi connectivity index (χ4v) is 1.60. The number of aromatic nitrogens is 4. The molecule has 0 aliphatic carbocycles. The zero-order valence-electron chi connectivity index (χ0n) is 10.3. The third-order valence-electron chi connectivity index (χ3n) is 2.44. The van der Waals surface area contributed by atoms with E-state index in [1.165, 1.54) is 0 Å². The van der Waals surface area contributed by atoms with Crippen molar-refractivity contribution in [3.05, 3.63) is 29.7 Å². The highest BCUT2D eigenvalue weighted by atomic mass is 16.5. The van der Waals surface area contributed by atoms with Crippen molar-refractivity contribution in [1.82, 2.24) is 25.2 Å². The Labute approximate surface area is 105 Å². The van der Waals surface area contributed by atoms with Crippen molar-refractivity contribution in [1.29, 1.82) is 0 Å². The monoisotopic (exact) mass is 251 g/mol. The lowest BCUT2D eigenvalue weighted by Crippen LogP contribution is -2.16. The second-order valence-electron chi connectivity index (χ2n) is 3.99. The first-order chi connectivity index (χ1) is 8.78. The summed E-state index contributed by atoms with van der Waals surface area (Å²) in [6.07, 6.45) is 4.45. The summed E-state index contributed by atoms with van der Waals surface area (Å²) in [7, 11) is 0. The smallest absolute Gasteiger partial charge is 0.223 e. The topological polar surface area (TPSA) is 89.0 Å². The fraction of sp³-hybridized carbons (Fsp3) is 0.545. The van der Waals surface area contributed by atoms with Gasteiger partial charge in [0.15, 0.2) is 5.82 Å². The Balaban J connectivity index is 1.68. The molecule has 7 nitrogen and oxygen atoms in total. The summed E-state index contributed by atoms with van der Waals surface area (Å²) in [5, 5.41) is 20.0. The zero-order chi connectivity index (χ0) is 12.8. The minimum atomic E-state index is 0.103. The van der Waals surface area contributed by atoms with Crippen molar-refractivity contribution < 1.29 is 9.63 Å². The molecule has 0 amide bonds. The van der Waals surface area contributed by atoms with Gasteiger partial charge in [0.1, 0.15) is 0 Å². The molecule has 0 unspecified atom stereocenters. The maximum atomic E-state index is 8.77. The molecule has 2 aromatic heterocycles. The summed E-state index contributed by atoms with van der Waals surface area (Å²) in [4.78, 5) is 4.12. The van der Waals surface area contributed by atoms with Gasteiger partial charge in [-0.1, -0.05) is 5.16 Å². The first kappa shape index (κ1) is 12.7. The molecule has 2 N–H and O–H groups in total. The predicted molar refractivity (Wildman–Crippen MR) is 63.8 cm³/mol. The van der Waals surface area contributed by atoms with Crippen LogP contribution in [-0.4, -0.2) is 38.2 Å². The number of aliphatic hydroxyl groups excluding tert-OH is 1. The second kappa shape index (κ2) is 6.27. The van der Waals surface area contributed by atoms with E-state index >= 15 is 0 Å². The van der Waals surface area contributed by atoms with Crippen LogP contribution in [0.25, 0.3) is 0 Å². The van der Waals surface area contributed by atoms with Crippen molar-refractivity contribution in [3.63, 3.8) is 0 Å². The van der Waals surface area contributed by atoms with Crippen molar-refractivity contribution >= 4 is 0 Å². The van der Waals surface area contributed by atoms with Crippen molar-refractivity contribution in [3.8, 4) is 0 Å². The zero-order valence-corrected chi connectivity index (χ0v) is 10.3. The lowest BCUT2D eigenvalue weighted by molar-refractivity contribution is 0.269. The molecule has 0 radical (unpaired) electrons. The highest BCUT2D eigenvalue weighted by Crippen LogP contribution is 1.98. The van der Waals surface area contributed by atoms with Gasteiger partial charge in [0.05, 0.1) is 19.3 Å². The van der Waals surface area contributed by atoms with E-state index < -0.39 is 0 Å². The van der Waals surface area contributed by atoms with Crippen LogP contribution in [-0.2, 0) is 19.5 Å². The van der Waals surface area contributed by atoms with Gasteiger partial charge >= 0.3 is 0 Å². The van der Waals surface area contributed by atoms with Gasteiger partial charge in [-0.2, -0.15) is 10.1 Å². The number of hydrogen-bond acceptors (Lipinski definition) is 6. The van der Waals surface area contributed by atoms with Gasteiger partial charge in [-0.15, -0.1) is 0 Å². The first-order valence-corrected chi connectivity index (χ1v) is 5.90. The van der Waals surface area contributed by atoms with E-state index in [9.17, 15) is 0 Å². The molecular formula is C11H17N5O2. The molecule has 0 aromatic carbocycles. The molecule has 18 heavy (non-hydrogen) atoms. The molecular weight excluding hydrogens is 234 g/mol. The van der Waals surface area contributed by atoms with Crippen molar-refractivity contribution in [2.45, 2.75) is 26.4 Å². The minimum Gasteiger partial charge on any atom is -0.394 e. The molecule has 7 heteroatoms. The maximum absolute atomic E-state index is 8.77. The van der Waals surface area contributed by atoms with E-state index in [4.69, 9.17) is 9.63 Å². The maximum Gasteiger partial charge on any atom is 0.223 e. The molecule has 0 saturated heterocycles. The van der Waals surface area contributed by atoms with E-state index in [2.05, 4.69) is 20.6 Å². The van der Waals surface area contributed by atoms with Gasteiger partial charge in [0.25, 0.3) is 0 Å². The second-order valence-corrected chi connectivity index (χ2v) is 3.99. The highest BCUT2D eigenvalue weighted by Gasteiger charge is 2.02. The summed E-state index contributed by atoms with van der Waals surface area (Å²) in [5.74, 6) is 1.31. The highest BCUT2D eigenvalue weighted by molar-refractivity contribution is 5.03. The Morgan fingerprint density at radius 3 is 3.11 bits per heavy atom. The Morgan fingerprint density at radius 1 is 1.50 bits per heavy atom. The van der Waals surface area contributed by atoms with Crippen LogP contribution < -0.4 is 5.32 Å². The average molecular weight is 251 g/mol. The number of nitrogens with zero attached hydrogens (tertiary/aromatic N) is 4. The van der Waals surface area contributed by atoms with Gasteiger partial charge < -0.3 is 14.9 Å². The van der Waals surface area contributed by atoms with Crippen LogP contribution in [0.1, 0.15) is 17.3 Å². The van der Waals surface area contributed by atoms with Crippen LogP contribution >= 0.6 is 0 Å². The Morgan fingerprint density at radius 2 is 2.39 bits per heavy atom. The SMILES string of the molecule is Cc1nc(CCNCc2cnn(CCO)c2)no1. The summed E-state index contributed by atoms with van der Waals surface area (Å²) in [6.45, 7) is 3.93. The van der Waals surface area contributed by atoms with E-state index in [0.717, 1.165) is 30.9 Å². The van der Waals surface area contributed by atoms with E-state index in [1.54, 1.807) is 17.8 Å². The molecule has 0 spiro atoms. The molecule has 2 aromatic rings. The molecule has 2 rings (SSSR count). The van der Waals surface area contributed by atoms with E-state index in [0.29, 0.717) is 12.4 Å². The third kappa shape index (κ3) is 3.64. The molecule has 0 aliphatic rings. The number of hydrogen-bond donors (Lipinski definition) is 2. The van der Waals surface area contributed by atoms with Gasteiger partial charge in [0, 0.05) is 38.2 Å². The van der Waals surface area contributed by atoms with Crippen LogP contribution in [0.2, 0.25) is 0 Å². The quantitative estimate of drug-likeness (QED) is 0.668. The number of aryl methyl sites for hydroxylation is 1. The van der Waals surface area contributed by atoms with Gasteiger partial charge in [-0.05, 0) is 0 Å². The fourth-order valence-electron chi connectivity index (χ4n) is 1.60. The Hall–Kier alpha value is -1.73. The predicted octanol–water partition coefficient (Wildman–Crippen LogP) is -0.101. The molecule has 0 atom stereocenters. The van der Waals surface area contributed by atoms with Crippen LogP contribution in [0.3, 0.4) is 0 Å². The van der Waals surface area contributed by atoms with Crippen molar-refractivity contribution in [2.75, 3.05) is 13.2 Å². The largest absolute Gasteiger partial charge is 0.394 e. The van der Waals surface area contributed by atoms with Crippen LogP contribution in [0.5, 0.6) is 0 Å². The van der Waals surface area contributed by atoms with Gasteiger partial charge in [0.2, 0.25) is 5.89 Å². The normalized spacial score (nSPS) is 11.0. The van der Waals surface area contributed by atoms with Crippen LogP contribution in [0.15, 0.2) is 16.9 Å². The summed E-state index contributed by atoms with van der Waals surface area (Å²) >= 11 is 0. The molecule has 0 saturated carbocycles. The summed E-state index contributed by atoms with van der Waals surface area (Å²) < 4.78 is 6.61. The molecule has 98 valence electrons. The number of aliphatic hydroxyl groups is 1. The lowest BCUT2D eigenvalue weighted by Gasteiger charge is -2.00. The minimum absolute atomic E-state index is 0.103. The number of rotatable bonds is 7. The number of nitrogens with one attached hydrogen (secondary N) is 1. The van der Waals surface area contributed by atoms with Crippen LogP contribution in [0, 0.1) is 6.92 Å². The van der Waals surface area contributed by atoms with Gasteiger partial charge in [-0.25, -0.2) is 0 Å². The summed E-state index contributed by atoms with van der Waals surface area (Å²) in [5.41, 5.74) is 1.09. The standard InChI is InChI=1S/C11H17N5O2/c1-9-14-11(15-18-9)2-3-12-6-10-7-13-16(8-10)4-5-17/h7-8,12,17H,2-6H2,1H3. The Bertz CT molecular complexity index is 479. The molecule has 2 heterocycles. The third-order valence-corrected chi connectivity index (χ3v) is 2.44. The molecule has 0 bridgehead atoms. The van der Waals surface area contributed by atoms with E-state index in [-0.39, 0.29) is 6.61 Å².